The molecule has 1 aromatic carbocycles. The minimum atomic E-state index is -2.57. The average Bonchev–Trinajstić information content (AvgIpc) is 2.08. The monoisotopic (exact) mass is 330 g/mol. The van der Waals surface area contributed by atoms with Gasteiger partial charge in [0, 0.05) is 14.7 Å². The molecular formula is C9H6ClF2IO. The molecule has 0 unspecified atom stereocenters. The SMILES string of the molecule is CC(=O)c1ccc(C(F)F)c(I)c1Cl. The number of rotatable bonds is 2. The third-order valence-electron chi connectivity index (χ3n) is 1.73. The number of Topliss-reactive ketones (excluding diaryl/α,β-unsaturated/α-hetero) is 1. The Morgan fingerprint density at radius 3 is 2.50 bits per heavy atom. The third kappa shape index (κ3) is 2.23. The van der Waals surface area contributed by atoms with Crippen LogP contribution in [-0.2, 0) is 0 Å². The Labute approximate surface area is 98.6 Å². The van der Waals surface area contributed by atoms with Crippen molar-refractivity contribution in [2.45, 2.75) is 13.3 Å². The number of alkyl halides is 2. The van der Waals surface area contributed by atoms with Crippen LogP contribution in [0.25, 0.3) is 0 Å². The molecule has 14 heavy (non-hydrogen) atoms. The van der Waals surface area contributed by atoms with Crippen LogP contribution in [0.3, 0.4) is 0 Å². The molecule has 5 heteroatoms. The molecule has 76 valence electrons. The number of benzene rings is 1. The summed E-state index contributed by atoms with van der Waals surface area (Å²) in [5.41, 5.74) is 0.140. The van der Waals surface area contributed by atoms with E-state index in [1.807, 2.05) is 0 Å². The summed E-state index contributed by atoms with van der Waals surface area (Å²) in [7, 11) is 0. The molecule has 0 saturated carbocycles. The maximum absolute atomic E-state index is 12.4. The van der Waals surface area contributed by atoms with Gasteiger partial charge < -0.3 is 0 Å². The topological polar surface area (TPSA) is 17.1 Å². The van der Waals surface area contributed by atoms with E-state index in [0.29, 0.717) is 0 Å². The molecule has 0 spiro atoms. The van der Waals surface area contributed by atoms with Crippen molar-refractivity contribution in [2.75, 3.05) is 0 Å². The van der Waals surface area contributed by atoms with Gasteiger partial charge in [0.15, 0.2) is 5.78 Å². The van der Waals surface area contributed by atoms with E-state index in [2.05, 4.69) is 0 Å². The Bertz CT molecular complexity index is 379. The molecule has 0 saturated heterocycles. The van der Waals surface area contributed by atoms with E-state index in [1.165, 1.54) is 19.1 Å². The van der Waals surface area contributed by atoms with Crippen molar-refractivity contribution in [3.8, 4) is 0 Å². The van der Waals surface area contributed by atoms with Crippen LogP contribution in [0.2, 0.25) is 5.02 Å². The van der Waals surface area contributed by atoms with Gasteiger partial charge in [0.1, 0.15) is 0 Å². The smallest absolute Gasteiger partial charge is 0.264 e. The van der Waals surface area contributed by atoms with Gasteiger partial charge in [0.05, 0.1) is 5.02 Å². The molecular weight excluding hydrogens is 324 g/mol. The van der Waals surface area contributed by atoms with Crippen molar-refractivity contribution in [3.05, 3.63) is 31.9 Å². The lowest BCUT2D eigenvalue weighted by Gasteiger charge is -2.07. The van der Waals surface area contributed by atoms with E-state index in [9.17, 15) is 13.6 Å². The fraction of sp³-hybridized carbons (Fsp3) is 0.222. The van der Waals surface area contributed by atoms with E-state index in [-0.39, 0.29) is 25.5 Å². The molecule has 0 radical (unpaired) electrons. The highest BCUT2D eigenvalue weighted by Gasteiger charge is 2.17. The van der Waals surface area contributed by atoms with E-state index in [0.717, 1.165) is 0 Å². The average molecular weight is 330 g/mol. The molecule has 1 rings (SSSR count). The fourth-order valence-electron chi connectivity index (χ4n) is 1.00. The first-order valence-corrected chi connectivity index (χ1v) is 5.17. The van der Waals surface area contributed by atoms with Gasteiger partial charge in [-0.3, -0.25) is 4.79 Å². The van der Waals surface area contributed by atoms with Crippen LogP contribution in [0.4, 0.5) is 8.78 Å². The summed E-state index contributed by atoms with van der Waals surface area (Å²) in [6, 6.07) is 2.56. The van der Waals surface area contributed by atoms with Crippen LogP contribution in [-0.4, -0.2) is 5.78 Å². The molecule has 0 aromatic heterocycles. The zero-order valence-corrected chi connectivity index (χ0v) is 10.1. The van der Waals surface area contributed by atoms with Gasteiger partial charge in [-0.1, -0.05) is 17.7 Å². The maximum Gasteiger partial charge on any atom is 0.264 e. The molecule has 0 fully saturated rings. The van der Waals surface area contributed by atoms with Crippen molar-refractivity contribution in [1.82, 2.24) is 0 Å². The highest BCUT2D eigenvalue weighted by molar-refractivity contribution is 14.1. The lowest BCUT2D eigenvalue weighted by atomic mass is 10.1. The predicted octanol–water partition coefficient (Wildman–Crippen LogP) is 4.08. The minimum Gasteiger partial charge on any atom is -0.294 e. The van der Waals surface area contributed by atoms with Crippen LogP contribution >= 0.6 is 34.2 Å². The number of hydrogen-bond acceptors (Lipinski definition) is 1. The van der Waals surface area contributed by atoms with Crippen molar-refractivity contribution in [2.24, 2.45) is 0 Å². The summed E-state index contributed by atoms with van der Waals surface area (Å²) in [5, 5.41) is 0.107. The second-order valence-electron chi connectivity index (χ2n) is 2.69. The fourth-order valence-corrected chi connectivity index (χ4v) is 2.02. The third-order valence-corrected chi connectivity index (χ3v) is 3.60. The van der Waals surface area contributed by atoms with Gasteiger partial charge in [0.2, 0.25) is 0 Å². The van der Waals surface area contributed by atoms with Crippen molar-refractivity contribution >= 4 is 40.0 Å². The summed E-state index contributed by atoms with van der Waals surface area (Å²) in [6.07, 6.45) is -2.57. The Balaban J connectivity index is 3.33. The summed E-state index contributed by atoms with van der Waals surface area (Å²) in [5.74, 6) is -0.228. The molecule has 0 atom stereocenters. The molecule has 0 amide bonds. The summed E-state index contributed by atoms with van der Waals surface area (Å²) in [6.45, 7) is 1.35. The molecule has 1 nitrogen and oxygen atoms in total. The van der Waals surface area contributed by atoms with Crippen molar-refractivity contribution < 1.29 is 13.6 Å². The largest absolute Gasteiger partial charge is 0.294 e. The minimum absolute atomic E-state index is 0.107. The van der Waals surface area contributed by atoms with Crippen LogP contribution < -0.4 is 0 Å². The molecule has 0 N–H and O–H groups in total. The molecule has 0 aliphatic rings. The van der Waals surface area contributed by atoms with Crippen molar-refractivity contribution in [3.63, 3.8) is 0 Å². The first kappa shape index (κ1) is 11.8. The normalized spacial score (nSPS) is 10.7. The second kappa shape index (κ2) is 4.53. The summed E-state index contributed by atoms with van der Waals surface area (Å²) in [4.78, 5) is 11.0. The maximum atomic E-state index is 12.4. The highest BCUT2D eigenvalue weighted by Crippen LogP contribution is 2.32. The molecule has 0 bridgehead atoms. The quantitative estimate of drug-likeness (QED) is 0.590. The lowest BCUT2D eigenvalue weighted by molar-refractivity contribution is 0.101. The first-order chi connectivity index (χ1) is 6.45. The van der Waals surface area contributed by atoms with Gasteiger partial charge in [-0.15, -0.1) is 0 Å². The van der Waals surface area contributed by atoms with Gasteiger partial charge in [-0.25, -0.2) is 8.78 Å². The number of hydrogen-bond donors (Lipinski definition) is 0. The van der Waals surface area contributed by atoms with Crippen LogP contribution in [0.5, 0.6) is 0 Å². The Hall–Kier alpha value is -0.230. The lowest BCUT2D eigenvalue weighted by Crippen LogP contribution is -1.98. The molecule has 0 aliphatic carbocycles. The molecule has 0 heterocycles. The first-order valence-electron chi connectivity index (χ1n) is 3.72. The van der Waals surface area contributed by atoms with Gasteiger partial charge in [-0.05, 0) is 35.6 Å². The van der Waals surface area contributed by atoms with Gasteiger partial charge in [0.25, 0.3) is 6.43 Å². The molecule has 1 aromatic rings. The number of carbonyl (C=O) groups is 1. The number of carbonyl (C=O) groups excluding carboxylic acids is 1. The Morgan fingerprint density at radius 1 is 1.50 bits per heavy atom. The molecule has 0 aliphatic heterocycles. The van der Waals surface area contributed by atoms with E-state index >= 15 is 0 Å². The van der Waals surface area contributed by atoms with Gasteiger partial charge in [-0.2, -0.15) is 0 Å². The van der Waals surface area contributed by atoms with Crippen molar-refractivity contribution in [1.29, 1.82) is 0 Å². The van der Waals surface area contributed by atoms with Gasteiger partial charge >= 0.3 is 0 Å². The Morgan fingerprint density at radius 2 is 2.07 bits per heavy atom. The number of halogens is 4. The van der Waals surface area contributed by atoms with E-state index < -0.39 is 6.43 Å². The van der Waals surface area contributed by atoms with E-state index in [1.54, 1.807) is 22.6 Å². The second-order valence-corrected chi connectivity index (χ2v) is 4.14. The summed E-state index contributed by atoms with van der Waals surface area (Å²) < 4.78 is 25.0. The van der Waals surface area contributed by atoms with Crippen LogP contribution in [0.1, 0.15) is 29.3 Å². The number of ketones is 1. The van der Waals surface area contributed by atoms with Crippen LogP contribution in [0, 0.1) is 3.57 Å². The predicted molar refractivity (Wildman–Crippen MR) is 59.1 cm³/mol. The standard InChI is InChI=1S/C9H6ClF2IO/c1-4(14)5-2-3-6(9(11)12)8(13)7(5)10/h2-3,9H,1H3. The van der Waals surface area contributed by atoms with E-state index in [4.69, 9.17) is 11.6 Å². The summed E-state index contributed by atoms with van der Waals surface area (Å²) >= 11 is 7.49. The Kier molecular flexibility index (Phi) is 3.83. The van der Waals surface area contributed by atoms with Crippen LogP contribution in [0.15, 0.2) is 12.1 Å². The highest BCUT2D eigenvalue weighted by atomic mass is 127. The zero-order chi connectivity index (χ0) is 10.9. The zero-order valence-electron chi connectivity index (χ0n) is 7.15.